The molecule has 0 unspecified atom stereocenters. The lowest BCUT2D eigenvalue weighted by Gasteiger charge is -2.33. The minimum atomic E-state index is 0.825. The fourth-order valence-corrected chi connectivity index (χ4v) is 7.32. The highest BCUT2D eigenvalue weighted by Gasteiger charge is 2.28. The van der Waals surface area contributed by atoms with E-state index in [2.05, 4.69) is 178 Å². The molecule has 1 aliphatic rings. The van der Waals surface area contributed by atoms with Crippen LogP contribution in [0.3, 0.4) is 0 Å². The number of nitrogens with zero attached hydrogens (tertiary/aromatic N) is 3. The van der Waals surface area contributed by atoms with Crippen LogP contribution in [0.25, 0.3) is 55.0 Å². The molecular formula is C42H27N3O. The van der Waals surface area contributed by atoms with E-state index in [0.29, 0.717) is 0 Å². The SMILES string of the molecule is c1ccc(N2c3cc(-n4c5ccccc5c5ccccc54)ccc3Oc3ccc(-n4c5ccccc5c5ccccc54)cc32)cc1. The molecule has 0 fully saturated rings. The normalized spacial score (nSPS) is 12.5. The maximum Gasteiger partial charge on any atom is 0.151 e. The molecule has 7 aromatic carbocycles. The summed E-state index contributed by atoms with van der Waals surface area (Å²) >= 11 is 0. The van der Waals surface area contributed by atoms with Gasteiger partial charge >= 0.3 is 0 Å². The van der Waals surface area contributed by atoms with Gasteiger partial charge in [0, 0.05) is 38.6 Å². The Morgan fingerprint density at radius 1 is 0.326 bits per heavy atom. The number of anilines is 3. The van der Waals surface area contributed by atoms with Gasteiger partial charge in [-0.3, -0.25) is 0 Å². The number of hydrogen-bond donors (Lipinski definition) is 0. The summed E-state index contributed by atoms with van der Waals surface area (Å²) in [4.78, 5) is 2.34. The van der Waals surface area contributed by atoms with Crippen LogP contribution in [0.5, 0.6) is 11.5 Å². The Morgan fingerprint density at radius 3 is 1.11 bits per heavy atom. The van der Waals surface area contributed by atoms with Crippen molar-refractivity contribution < 1.29 is 4.74 Å². The van der Waals surface area contributed by atoms with Crippen molar-refractivity contribution >= 4 is 60.7 Å². The van der Waals surface area contributed by atoms with Crippen LogP contribution in [0.4, 0.5) is 17.1 Å². The lowest BCUT2D eigenvalue weighted by Crippen LogP contribution is -2.16. The number of hydrogen-bond acceptors (Lipinski definition) is 2. The van der Waals surface area contributed by atoms with Gasteiger partial charge in [-0.25, -0.2) is 0 Å². The molecule has 9 aromatic rings. The highest BCUT2D eigenvalue weighted by atomic mass is 16.5. The molecule has 216 valence electrons. The Balaban J connectivity index is 1.21. The maximum absolute atomic E-state index is 6.66. The van der Waals surface area contributed by atoms with Crippen molar-refractivity contribution in [3.05, 3.63) is 164 Å². The van der Waals surface area contributed by atoms with Crippen LogP contribution in [0.1, 0.15) is 0 Å². The minimum Gasteiger partial charge on any atom is -0.453 e. The van der Waals surface area contributed by atoms with E-state index in [0.717, 1.165) is 39.9 Å². The molecule has 4 nitrogen and oxygen atoms in total. The maximum atomic E-state index is 6.66. The molecule has 0 radical (unpaired) electrons. The standard InChI is InChI=1S/C42H27N3O/c1-2-12-28(13-3-1)43-39-26-29(44-35-18-8-4-14-31(35)32-15-5-9-19-36(32)44)22-24-41(39)46-42-25-23-30(27-40(42)43)45-37-20-10-6-16-33(37)34-17-7-11-21-38(34)45/h1-27H. The van der Waals surface area contributed by atoms with Gasteiger partial charge in [-0.05, 0) is 72.8 Å². The second-order valence-corrected chi connectivity index (χ2v) is 11.8. The molecule has 0 atom stereocenters. The largest absolute Gasteiger partial charge is 0.453 e. The highest BCUT2D eigenvalue weighted by Crippen LogP contribution is 2.52. The molecule has 3 heterocycles. The predicted molar refractivity (Wildman–Crippen MR) is 190 cm³/mol. The Morgan fingerprint density at radius 2 is 0.696 bits per heavy atom. The Labute approximate surface area is 265 Å². The molecule has 46 heavy (non-hydrogen) atoms. The highest BCUT2D eigenvalue weighted by molar-refractivity contribution is 6.10. The first kappa shape index (κ1) is 25.1. The summed E-state index contributed by atoms with van der Waals surface area (Å²) in [7, 11) is 0. The molecule has 0 saturated heterocycles. The van der Waals surface area contributed by atoms with Gasteiger partial charge in [-0.15, -0.1) is 0 Å². The summed E-state index contributed by atoms with van der Waals surface area (Å²) < 4.78 is 11.4. The summed E-state index contributed by atoms with van der Waals surface area (Å²) in [6.45, 7) is 0. The predicted octanol–water partition coefficient (Wildman–Crippen LogP) is 11.5. The van der Waals surface area contributed by atoms with Crippen molar-refractivity contribution in [3.63, 3.8) is 0 Å². The average molecular weight is 590 g/mol. The summed E-state index contributed by atoms with van der Waals surface area (Å²) in [5, 5.41) is 4.97. The Hall–Kier alpha value is -6.26. The van der Waals surface area contributed by atoms with E-state index in [1.165, 1.54) is 43.6 Å². The van der Waals surface area contributed by atoms with Crippen molar-refractivity contribution in [3.8, 4) is 22.9 Å². The van der Waals surface area contributed by atoms with E-state index in [-0.39, 0.29) is 0 Å². The molecule has 2 aromatic heterocycles. The van der Waals surface area contributed by atoms with Crippen molar-refractivity contribution in [2.75, 3.05) is 4.90 Å². The van der Waals surface area contributed by atoms with Gasteiger partial charge < -0.3 is 18.8 Å². The van der Waals surface area contributed by atoms with E-state index in [4.69, 9.17) is 4.74 Å². The molecular weight excluding hydrogens is 562 g/mol. The van der Waals surface area contributed by atoms with Crippen LogP contribution in [0, 0.1) is 0 Å². The second-order valence-electron chi connectivity index (χ2n) is 11.8. The van der Waals surface area contributed by atoms with Crippen molar-refractivity contribution in [2.45, 2.75) is 0 Å². The Bertz CT molecular complexity index is 2360. The monoisotopic (exact) mass is 589 g/mol. The van der Waals surface area contributed by atoms with E-state index >= 15 is 0 Å². The summed E-state index contributed by atoms with van der Waals surface area (Å²) in [5.74, 6) is 1.65. The summed E-state index contributed by atoms with van der Waals surface area (Å²) in [5.41, 5.74) is 9.97. The zero-order chi connectivity index (χ0) is 30.2. The third-order valence-electron chi connectivity index (χ3n) is 9.28. The van der Waals surface area contributed by atoms with Gasteiger partial charge in [0.15, 0.2) is 11.5 Å². The molecule has 0 spiro atoms. The molecule has 0 aliphatic carbocycles. The lowest BCUT2D eigenvalue weighted by molar-refractivity contribution is 0.477. The van der Waals surface area contributed by atoms with Crippen LogP contribution in [-0.4, -0.2) is 9.13 Å². The van der Waals surface area contributed by atoms with Gasteiger partial charge in [-0.2, -0.15) is 0 Å². The van der Waals surface area contributed by atoms with E-state index in [1.807, 2.05) is 0 Å². The molecule has 10 rings (SSSR count). The van der Waals surface area contributed by atoms with Gasteiger partial charge in [0.2, 0.25) is 0 Å². The molecule has 1 aliphatic heterocycles. The average Bonchev–Trinajstić information content (AvgIpc) is 3.64. The van der Waals surface area contributed by atoms with Crippen molar-refractivity contribution in [2.24, 2.45) is 0 Å². The second kappa shape index (κ2) is 9.62. The zero-order valence-corrected chi connectivity index (χ0v) is 24.8. The number of benzene rings is 7. The zero-order valence-electron chi connectivity index (χ0n) is 24.8. The third kappa shape index (κ3) is 3.55. The summed E-state index contributed by atoms with van der Waals surface area (Å²) in [6, 6.07) is 58.2. The number of rotatable bonds is 3. The number of ether oxygens (including phenoxy) is 1. The minimum absolute atomic E-state index is 0.825. The number of fused-ring (bicyclic) bond motifs is 8. The Kier molecular flexibility index (Phi) is 5.25. The van der Waals surface area contributed by atoms with E-state index < -0.39 is 0 Å². The third-order valence-corrected chi connectivity index (χ3v) is 9.28. The van der Waals surface area contributed by atoms with Crippen LogP contribution in [-0.2, 0) is 0 Å². The number of para-hydroxylation sites is 5. The fourth-order valence-electron chi connectivity index (χ4n) is 7.32. The van der Waals surface area contributed by atoms with Crippen LogP contribution in [0.15, 0.2) is 164 Å². The lowest BCUT2D eigenvalue weighted by atomic mass is 10.1. The first-order chi connectivity index (χ1) is 22.8. The fraction of sp³-hybridized carbons (Fsp3) is 0. The van der Waals surface area contributed by atoms with Crippen LogP contribution >= 0.6 is 0 Å². The van der Waals surface area contributed by atoms with Gasteiger partial charge in [0.25, 0.3) is 0 Å². The van der Waals surface area contributed by atoms with Crippen LogP contribution in [0.2, 0.25) is 0 Å². The smallest absolute Gasteiger partial charge is 0.151 e. The first-order valence-corrected chi connectivity index (χ1v) is 15.6. The summed E-state index contributed by atoms with van der Waals surface area (Å²) in [6.07, 6.45) is 0. The van der Waals surface area contributed by atoms with Crippen LogP contribution < -0.4 is 9.64 Å². The quantitative estimate of drug-likeness (QED) is 0.205. The van der Waals surface area contributed by atoms with Gasteiger partial charge in [0.1, 0.15) is 0 Å². The molecule has 0 saturated carbocycles. The van der Waals surface area contributed by atoms with Gasteiger partial charge in [-0.1, -0.05) is 91.0 Å². The topological polar surface area (TPSA) is 22.3 Å². The molecule has 0 amide bonds. The molecule has 0 bridgehead atoms. The van der Waals surface area contributed by atoms with Crippen molar-refractivity contribution in [1.29, 1.82) is 0 Å². The first-order valence-electron chi connectivity index (χ1n) is 15.6. The molecule has 4 heteroatoms. The van der Waals surface area contributed by atoms with Gasteiger partial charge in [0.05, 0.1) is 33.4 Å². The van der Waals surface area contributed by atoms with E-state index in [9.17, 15) is 0 Å². The van der Waals surface area contributed by atoms with E-state index in [1.54, 1.807) is 0 Å². The van der Waals surface area contributed by atoms with Crippen molar-refractivity contribution in [1.82, 2.24) is 9.13 Å². The number of aromatic nitrogens is 2. The molecule has 0 N–H and O–H groups in total.